The molecule has 2 heterocycles. The number of rotatable bonds is 6. The Labute approximate surface area is 173 Å². The lowest BCUT2D eigenvalue weighted by Crippen LogP contribution is -3.12. The Bertz CT molecular complexity index is 1000. The van der Waals surface area contributed by atoms with Crippen LogP contribution in [-0.2, 0) is 12.0 Å². The van der Waals surface area contributed by atoms with Crippen molar-refractivity contribution in [3.8, 4) is 0 Å². The lowest BCUT2D eigenvalue weighted by atomic mass is 9.49. The van der Waals surface area contributed by atoms with E-state index in [0.717, 1.165) is 24.3 Å². The molecule has 4 saturated carbocycles. The number of para-hydroxylation sites is 2. The average Bonchev–Trinajstić information content (AvgIpc) is 3.27. The average molecular weight is 393 g/mol. The number of aromatic amines is 1. The quantitative estimate of drug-likeness (QED) is 0.604. The van der Waals surface area contributed by atoms with Gasteiger partial charge in [0.15, 0.2) is 0 Å². The van der Waals surface area contributed by atoms with Gasteiger partial charge >= 0.3 is 5.78 Å². The van der Waals surface area contributed by atoms with E-state index in [-0.39, 0.29) is 0 Å². The van der Waals surface area contributed by atoms with Gasteiger partial charge < -0.3 is 4.90 Å². The van der Waals surface area contributed by atoms with Gasteiger partial charge in [0.05, 0.1) is 13.1 Å². The number of hydrogen-bond donors (Lipinski definition) is 2. The molecule has 4 aliphatic rings. The van der Waals surface area contributed by atoms with E-state index in [9.17, 15) is 0 Å². The highest BCUT2D eigenvalue weighted by Crippen LogP contribution is 2.60. The minimum atomic E-state index is 0.427. The minimum absolute atomic E-state index is 0.427. The molecule has 2 aromatic heterocycles. The second-order valence-corrected chi connectivity index (χ2v) is 10.4. The van der Waals surface area contributed by atoms with Crippen molar-refractivity contribution in [1.82, 2.24) is 9.38 Å². The largest absolute Gasteiger partial charge is 0.368 e. The second-order valence-electron chi connectivity index (χ2n) is 10.4. The maximum Gasteiger partial charge on any atom is 0.368 e. The number of nitrogens with zero attached hydrogens (tertiary/aromatic N) is 2. The Kier molecular flexibility index (Phi) is 4.09. The van der Waals surface area contributed by atoms with Crippen LogP contribution in [0.3, 0.4) is 0 Å². The van der Waals surface area contributed by atoms with E-state index in [1.165, 1.54) is 80.7 Å². The molecule has 29 heavy (non-hydrogen) atoms. The van der Waals surface area contributed by atoms with Gasteiger partial charge in [0.1, 0.15) is 36.0 Å². The van der Waals surface area contributed by atoms with Crippen LogP contribution >= 0.6 is 0 Å². The second kappa shape index (κ2) is 6.60. The molecule has 4 bridgehead atoms. The first-order valence-electron chi connectivity index (χ1n) is 12.0. The van der Waals surface area contributed by atoms with Crippen molar-refractivity contribution in [2.75, 3.05) is 19.6 Å². The van der Waals surface area contributed by atoms with Crippen molar-refractivity contribution in [1.29, 1.82) is 0 Å². The summed E-state index contributed by atoms with van der Waals surface area (Å²) >= 11 is 0. The van der Waals surface area contributed by atoms with Gasteiger partial charge in [-0.25, -0.2) is 9.55 Å². The number of quaternary nitrogens is 1. The van der Waals surface area contributed by atoms with E-state index in [2.05, 4.69) is 58.3 Å². The third-order valence-corrected chi connectivity index (χ3v) is 8.72. The van der Waals surface area contributed by atoms with Crippen LogP contribution in [0.25, 0.3) is 16.8 Å². The maximum absolute atomic E-state index is 3.99. The molecule has 2 N–H and O–H groups in total. The summed E-state index contributed by atoms with van der Waals surface area (Å²) in [5.74, 6) is 4.25. The van der Waals surface area contributed by atoms with Gasteiger partial charge in [-0.3, -0.25) is 0 Å². The summed E-state index contributed by atoms with van der Waals surface area (Å²) in [6.45, 7) is 9.28. The van der Waals surface area contributed by atoms with Gasteiger partial charge in [0, 0.05) is 5.41 Å². The van der Waals surface area contributed by atoms with Gasteiger partial charge in [-0.15, -0.1) is 0 Å². The molecular formula is C25H36N4+2. The lowest BCUT2D eigenvalue weighted by molar-refractivity contribution is -0.912. The fourth-order valence-electron chi connectivity index (χ4n) is 7.60. The van der Waals surface area contributed by atoms with Gasteiger partial charge in [0.25, 0.3) is 0 Å². The van der Waals surface area contributed by atoms with Crippen LogP contribution in [0.15, 0.2) is 30.5 Å². The highest BCUT2D eigenvalue weighted by Gasteiger charge is 2.53. The topological polar surface area (TPSA) is 28.5 Å². The predicted molar refractivity (Wildman–Crippen MR) is 116 cm³/mol. The van der Waals surface area contributed by atoms with E-state index in [0.29, 0.717) is 5.41 Å². The van der Waals surface area contributed by atoms with Crippen molar-refractivity contribution >= 4 is 16.8 Å². The van der Waals surface area contributed by atoms with Gasteiger partial charge in [0.2, 0.25) is 0 Å². The summed E-state index contributed by atoms with van der Waals surface area (Å²) in [5.41, 5.74) is 4.67. The zero-order valence-corrected chi connectivity index (χ0v) is 18.1. The molecule has 0 spiro atoms. The molecule has 1 aromatic carbocycles. The van der Waals surface area contributed by atoms with Crippen LogP contribution in [-0.4, -0.2) is 29.0 Å². The van der Waals surface area contributed by atoms with Crippen LogP contribution in [0.5, 0.6) is 0 Å². The highest BCUT2D eigenvalue weighted by atomic mass is 15.2. The summed E-state index contributed by atoms with van der Waals surface area (Å²) in [6, 6.07) is 8.95. The van der Waals surface area contributed by atoms with Crippen molar-refractivity contribution < 1.29 is 9.47 Å². The standard InChI is InChI=1S/C25H34N4/c1-3-27(4-2)9-10-28-21-7-5-6-8-22(21)29-17-23(26-24(28)29)25-14-18-11-19(15-25)13-20(12-18)16-25/h5-8,17-20H,3-4,9-16H2,1-2H3/p+2. The number of nitrogens with one attached hydrogen (secondary N) is 2. The minimum Gasteiger partial charge on any atom is -0.333 e. The molecule has 4 heteroatoms. The van der Waals surface area contributed by atoms with Crippen LogP contribution in [0.2, 0.25) is 0 Å². The van der Waals surface area contributed by atoms with E-state index < -0.39 is 0 Å². The Balaban J connectivity index is 1.44. The first-order valence-corrected chi connectivity index (χ1v) is 12.0. The number of fused-ring (bicyclic) bond motifs is 3. The Morgan fingerprint density at radius 1 is 1.03 bits per heavy atom. The Morgan fingerprint density at radius 2 is 1.69 bits per heavy atom. The third kappa shape index (κ3) is 2.71. The summed E-state index contributed by atoms with van der Waals surface area (Å²) in [4.78, 5) is 5.66. The van der Waals surface area contributed by atoms with Crippen LogP contribution < -0.4 is 9.47 Å². The number of benzene rings is 1. The molecule has 0 saturated heterocycles. The normalized spacial score (nSPS) is 30.9. The molecule has 0 atom stereocenters. The predicted octanol–water partition coefficient (Wildman–Crippen LogP) is 3.10. The first kappa shape index (κ1) is 18.0. The van der Waals surface area contributed by atoms with E-state index in [1.54, 1.807) is 4.90 Å². The Hall–Kier alpha value is -1.81. The molecule has 4 aliphatic carbocycles. The molecule has 0 unspecified atom stereocenters. The number of hydrogen-bond acceptors (Lipinski definition) is 0. The van der Waals surface area contributed by atoms with Crippen molar-refractivity contribution in [3.63, 3.8) is 0 Å². The van der Waals surface area contributed by atoms with E-state index in [4.69, 9.17) is 0 Å². The zero-order valence-electron chi connectivity index (χ0n) is 18.1. The van der Waals surface area contributed by atoms with Gasteiger partial charge in [-0.1, -0.05) is 12.1 Å². The first-order chi connectivity index (χ1) is 14.2. The SMILES string of the molecule is CC[NH+](CC)CC[n+]1c2ccccc2n2cc(C34CC5CC(CC(C5)C3)C4)[nH]c21. The monoisotopic (exact) mass is 392 g/mol. The van der Waals surface area contributed by atoms with Crippen LogP contribution in [0.1, 0.15) is 58.1 Å². The highest BCUT2D eigenvalue weighted by molar-refractivity contribution is 5.75. The van der Waals surface area contributed by atoms with E-state index in [1.807, 2.05) is 0 Å². The molecule has 7 rings (SSSR count). The van der Waals surface area contributed by atoms with Crippen molar-refractivity contribution in [2.24, 2.45) is 17.8 Å². The number of H-pyrrole nitrogens is 1. The number of likely N-dealkylation sites (N-methyl/N-ethyl adjacent to an activating group) is 1. The molecular weight excluding hydrogens is 356 g/mol. The molecule has 0 radical (unpaired) electrons. The fourth-order valence-corrected chi connectivity index (χ4v) is 7.60. The third-order valence-electron chi connectivity index (χ3n) is 8.72. The molecule has 154 valence electrons. The van der Waals surface area contributed by atoms with Crippen molar-refractivity contribution in [2.45, 2.75) is 64.3 Å². The fraction of sp³-hybridized carbons (Fsp3) is 0.640. The van der Waals surface area contributed by atoms with Crippen LogP contribution in [0.4, 0.5) is 0 Å². The molecule has 4 fully saturated rings. The van der Waals surface area contributed by atoms with E-state index >= 15 is 0 Å². The maximum atomic E-state index is 3.99. The molecule has 0 aliphatic heterocycles. The summed E-state index contributed by atoms with van der Waals surface area (Å²) in [6.07, 6.45) is 11.3. The summed E-state index contributed by atoms with van der Waals surface area (Å²) in [5, 5.41) is 0. The molecule has 4 nitrogen and oxygen atoms in total. The molecule has 0 amide bonds. The lowest BCUT2D eigenvalue weighted by Gasteiger charge is -2.55. The van der Waals surface area contributed by atoms with Crippen LogP contribution in [0, 0.1) is 17.8 Å². The summed E-state index contributed by atoms with van der Waals surface area (Å²) < 4.78 is 5.01. The zero-order chi connectivity index (χ0) is 19.6. The van der Waals surface area contributed by atoms with Gasteiger partial charge in [-0.2, -0.15) is 4.40 Å². The number of imidazole rings is 2. The Morgan fingerprint density at radius 3 is 2.34 bits per heavy atom. The number of aromatic nitrogens is 3. The van der Waals surface area contributed by atoms with Crippen molar-refractivity contribution in [3.05, 3.63) is 36.2 Å². The smallest absolute Gasteiger partial charge is 0.333 e. The van der Waals surface area contributed by atoms with Gasteiger partial charge in [-0.05, 0) is 82.3 Å². The molecule has 3 aromatic rings. The summed E-state index contributed by atoms with van der Waals surface area (Å²) in [7, 11) is 0.